The number of nitrogens with zero attached hydrogens (tertiary/aromatic N) is 1. The molecule has 28 heavy (non-hydrogen) atoms. The minimum absolute atomic E-state index is 0.0655. The fourth-order valence-corrected chi connectivity index (χ4v) is 2.84. The highest BCUT2D eigenvalue weighted by Gasteiger charge is 2.21. The lowest BCUT2D eigenvalue weighted by molar-refractivity contribution is 0.105. The molecule has 2 heterocycles. The lowest BCUT2D eigenvalue weighted by Gasteiger charge is -2.10. The molecule has 4 aromatic rings. The largest absolute Gasteiger partial charge is 0.491 e. The molecule has 0 N–H and O–H groups in total. The van der Waals surface area contributed by atoms with E-state index in [1.165, 1.54) is 0 Å². The molecule has 0 fully saturated rings. The van der Waals surface area contributed by atoms with Crippen LogP contribution in [0.4, 0.5) is 0 Å². The second kappa shape index (κ2) is 7.56. The van der Waals surface area contributed by atoms with Gasteiger partial charge in [0.25, 0.3) is 0 Å². The first-order valence-electron chi connectivity index (χ1n) is 9.03. The molecule has 0 radical (unpaired) electrons. The maximum atomic E-state index is 13.2. The number of carbonyl (C=O) groups is 1. The molecule has 0 bridgehead atoms. The number of ketones is 1. The highest BCUT2D eigenvalue weighted by atomic mass is 16.5. The molecule has 0 unspecified atom stereocenters. The van der Waals surface area contributed by atoms with E-state index in [4.69, 9.17) is 13.6 Å². The average Bonchev–Trinajstić information content (AvgIpc) is 3.35. The third kappa shape index (κ3) is 3.74. The van der Waals surface area contributed by atoms with E-state index in [1.54, 1.807) is 48.7 Å². The fourth-order valence-electron chi connectivity index (χ4n) is 2.84. The van der Waals surface area contributed by atoms with Gasteiger partial charge in [0.05, 0.1) is 17.9 Å². The first-order valence-corrected chi connectivity index (χ1v) is 9.03. The standard InChI is InChI=1S/C23H19NO4/c1-15(2)27-17-11-9-16(10-12-17)22(25)19(14-18-6-5-13-26-18)23-24-20-7-3-4-8-21(20)28-23/h3-15H,1-2H3/b19-14+. The Kier molecular flexibility index (Phi) is 4.81. The number of rotatable bonds is 6. The molecule has 4 rings (SSSR count). The Morgan fingerprint density at radius 2 is 1.82 bits per heavy atom. The van der Waals surface area contributed by atoms with Crippen molar-refractivity contribution in [2.24, 2.45) is 0 Å². The molecule has 0 amide bonds. The number of furan rings is 1. The lowest BCUT2D eigenvalue weighted by atomic mass is 10.0. The summed E-state index contributed by atoms with van der Waals surface area (Å²) in [4.78, 5) is 17.7. The van der Waals surface area contributed by atoms with Gasteiger partial charge in [-0.15, -0.1) is 0 Å². The van der Waals surface area contributed by atoms with Crippen LogP contribution < -0.4 is 4.74 Å². The molecule has 2 aromatic carbocycles. The molecule has 0 saturated carbocycles. The van der Waals surface area contributed by atoms with Gasteiger partial charge in [-0.25, -0.2) is 4.98 Å². The second-order valence-electron chi connectivity index (χ2n) is 6.58. The zero-order valence-corrected chi connectivity index (χ0v) is 15.6. The predicted molar refractivity (Wildman–Crippen MR) is 107 cm³/mol. The molecule has 0 aliphatic heterocycles. The van der Waals surface area contributed by atoms with Gasteiger partial charge in [-0.2, -0.15) is 0 Å². The highest BCUT2D eigenvalue weighted by Crippen LogP contribution is 2.27. The number of fused-ring (bicyclic) bond motifs is 1. The monoisotopic (exact) mass is 373 g/mol. The number of hydrogen-bond donors (Lipinski definition) is 0. The topological polar surface area (TPSA) is 65.5 Å². The molecule has 0 saturated heterocycles. The van der Waals surface area contributed by atoms with E-state index in [0.717, 1.165) is 0 Å². The molecule has 5 heteroatoms. The number of carbonyl (C=O) groups excluding carboxylic acids is 1. The normalized spacial score (nSPS) is 11.9. The van der Waals surface area contributed by atoms with Gasteiger partial charge in [0, 0.05) is 5.56 Å². The molecular weight excluding hydrogens is 354 g/mol. The van der Waals surface area contributed by atoms with Crippen LogP contribution in [0.25, 0.3) is 22.7 Å². The van der Waals surface area contributed by atoms with Crippen molar-refractivity contribution in [2.45, 2.75) is 20.0 Å². The van der Waals surface area contributed by atoms with Gasteiger partial charge < -0.3 is 13.6 Å². The van der Waals surface area contributed by atoms with Crippen molar-refractivity contribution in [3.8, 4) is 5.75 Å². The van der Waals surface area contributed by atoms with E-state index in [-0.39, 0.29) is 17.8 Å². The Balaban J connectivity index is 1.74. The van der Waals surface area contributed by atoms with Crippen LogP contribution in [-0.4, -0.2) is 16.9 Å². The number of benzene rings is 2. The minimum atomic E-state index is -0.209. The van der Waals surface area contributed by atoms with Crippen molar-refractivity contribution < 1.29 is 18.4 Å². The number of allylic oxidation sites excluding steroid dienone is 1. The van der Waals surface area contributed by atoms with Crippen molar-refractivity contribution in [1.82, 2.24) is 4.98 Å². The van der Waals surface area contributed by atoms with E-state index >= 15 is 0 Å². The van der Waals surface area contributed by atoms with Crippen molar-refractivity contribution in [1.29, 1.82) is 0 Å². The summed E-state index contributed by atoms with van der Waals surface area (Å²) in [5.74, 6) is 1.31. The first kappa shape index (κ1) is 17.8. The number of oxazole rings is 1. The molecule has 0 atom stereocenters. The van der Waals surface area contributed by atoms with E-state index in [0.29, 0.717) is 33.7 Å². The Hall–Kier alpha value is -3.60. The molecule has 5 nitrogen and oxygen atoms in total. The van der Waals surface area contributed by atoms with Crippen LogP contribution in [0.15, 0.2) is 75.8 Å². The zero-order valence-electron chi connectivity index (χ0n) is 15.6. The number of aromatic nitrogens is 1. The predicted octanol–water partition coefficient (Wildman–Crippen LogP) is 5.63. The van der Waals surface area contributed by atoms with Crippen molar-refractivity contribution in [2.75, 3.05) is 0 Å². The highest BCUT2D eigenvalue weighted by molar-refractivity contribution is 6.31. The van der Waals surface area contributed by atoms with Crippen LogP contribution >= 0.6 is 0 Å². The molecule has 140 valence electrons. The van der Waals surface area contributed by atoms with Gasteiger partial charge >= 0.3 is 0 Å². The maximum Gasteiger partial charge on any atom is 0.231 e. The zero-order chi connectivity index (χ0) is 19.5. The Morgan fingerprint density at radius 3 is 2.50 bits per heavy atom. The molecule has 0 aliphatic carbocycles. The van der Waals surface area contributed by atoms with Crippen LogP contribution in [0.5, 0.6) is 5.75 Å². The Morgan fingerprint density at radius 1 is 1.04 bits per heavy atom. The smallest absolute Gasteiger partial charge is 0.231 e. The third-order valence-corrected chi connectivity index (χ3v) is 4.09. The van der Waals surface area contributed by atoms with Crippen LogP contribution in [-0.2, 0) is 0 Å². The summed E-state index contributed by atoms with van der Waals surface area (Å²) in [7, 11) is 0. The molecule has 0 aliphatic rings. The summed E-state index contributed by atoms with van der Waals surface area (Å²) < 4.78 is 16.9. The van der Waals surface area contributed by atoms with Gasteiger partial charge in [-0.3, -0.25) is 4.79 Å². The van der Waals surface area contributed by atoms with Crippen molar-refractivity contribution in [3.05, 3.63) is 84.1 Å². The van der Waals surface area contributed by atoms with Gasteiger partial charge in [-0.1, -0.05) is 12.1 Å². The second-order valence-corrected chi connectivity index (χ2v) is 6.58. The number of para-hydroxylation sites is 2. The molecular formula is C23H19NO4. The van der Waals surface area contributed by atoms with Crippen LogP contribution in [0.2, 0.25) is 0 Å². The summed E-state index contributed by atoms with van der Waals surface area (Å²) in [5.41, 5.74) is 2.15. The summed E-state index contributed by atoms with van der Waals surface area (Å²) in [5, 5.41) is 0. The first-order chi connectivity index (χ1) is 13.6. The van der Waals surface area contributed by atoms with Gasteiger partial charge in [0.15, 0.2) is 11.4 Å². The van der Waals surface area contributed by atoms with E-state index in [2.05, 4.69) is 4.98 Å². The SMILES string of the molecule is CC(C)Oc1ccc(C(=O)/C(=C\c2ccco2)c2nc3ccccc3o2)cc1. The van der Waals surface area contributed by atoms with Gasteiger partial charge in [0.2, 0.25) is 5.89 Å². The van der Waals surface area contributed by atoms with E-state index in [9.17, 15) is 4.79 Å². The van der Waals surface area contributed by atoms with Gasteiger partial charge in [-0.05, 0) is 68.5 Å². The van der Waals surface area contributed by atoms with Crippen molar-refractivity contribution >= 4 is 28.5 Å². The quantitative estimate of drug-likeness (QED) is 0.324. The van der Waals surface area contributed by atoms with Crippen LogP contribution in [0, 0.1) is 0 Å². The Bertz CT molecular complexity index is 1090. The molecule has 0 spiro atoms. The van der Waals surface area contributed by atoms with Crippen LogP contribution in [0.1, 0.15) is 35.9 Å². The number of hydrogen-bond acceptors (Lipinski definition) is 5. The summed E-state index contributed by atoms with van der Waals surface area (Å²) in [6, 6.07) is 18.0. The van der Waals surface area contributed by atoms with Crippen molar-refractivity contribution in [3.63, 3.8) is 0 Å². The number of ether oxygens (including phenoxy) is 1. The summed E-state index contributed by atoms with van der Waals surface area (Å²) >= 11 is 0. The maximum absolute atomic E-state index is 13.2. The van der Waals surface area contributed by atoms with Crippen LogP contribution in [0.3, 0.4) is 0 Å². The molecule has 2 aromatic heterocycles. The van der Waals surface area contributed by atoms with Gasteiger partial charge in [0.1, 0.15) is 17.0 Å². The average molecular weight is 373 g/mol. The third-order valence-electron chi connectivity index (χ3n) is 4.09. The summed E-state index contributed by atoms with van der Waals surface area (Å²) in [6.45, 7) is 3.91. The van der Waals surface area contributed by atoms with E-state index in [1.807, 2.05) is 38.1 Å². The summed E-state index contributed by atoms with van der Waals surface area (Å²) in [6.07, 6.45) is 3.26. The van der Waals surface area contributed by atoms with E-state index < -0.39 is 0 Å². The Labute approximate surface area is 162 Å². The lowest BCUT2D eigenvalue weighted by Crippen LogP contribution is -2.06. The minimum Gasteiger partial charge on any atom is -0.491 e. The number of Topliss-reactive ketones (excluding diaryl/α,β-unsaturated/α-hetero) is 1. The fraction of sp³-hybridized carbons (Fsp3) is 0.130.